The lowest BCUT2D eigenvalue weighted by Gasteiger charge is -2.05. The van der Waals surface area contributed by atoms with E-state index in [1.165, 1.54) is 0 Å². The van der Waals surface area contributed by atoms with Gasteiger partial charge in [0.05, 0.1) is 0 Å². The zero-order valence-electron chi connectivity index (χ0n) is 4.13. The van der Waals surface area contributed by atoms with Crippen molar-refractivity contribution in [3.63, 3.8) is 0 Å². The second-order valence-corrected chi connectivity index (χ2v) is 3.14. The number of hydrogen-bond acceptors (Lipinski definition) is 3. The quantitative estimate of drug-likeness (QED) is 0.502. The fraction of sp³-hybridized carbons (Fsp3) is 0.500. The molecule has 0 aromatic rings. The molecule has 1 aliphatic rings. The predicted molar refractivity (Wildman–Crippen MR) is 37.0 cm³/mol. The molecule has 0 spiro atoms. The molecular formula is C4H7NS2. The summed E-state index contributed by atoms with van der Waals surface area (Å²) < 4.78 is 2.21. The first-order valence-corrected chi connectivity index (χ1v) is 4.09. The second kappa shape index (κ2) is 2.64. The minimum atomic E-state index is 1.09. The van der Waals surface area contributed by atoms with Gasteiger partial charge in [0.25, 0.3) is 0 Å². The standard InChI is InChI=1S/C4H7NS2/c1-6-5-3-2-4-7-5/h2,4H,3H2,1H3. The molecule has 0 N–H and O–H groups in total. The first-order chi connectivity index (χ1) is 3.43. The van der Waals surface area contributed by atoms with Crippen molar-refractivity contribution in [2.75, 3.05) is 12.8 Å². The molecule has 0 aromatic carbocycles. The molecule has 1 rings (SSSR count). The molecule has 0 amide bonds. The molecule has 0 aromatic heterocycles. The monoisotopic (exact) mass is 133 g/mol. The molecule has 3 heteroatoms. The van der Waals surface area contributed by atoms with Gasteiger partial charge in [0.1, 0.15) is 0 Å². The van der Waals surface area contributed by atoms with Gasteiger partial charge in [-0.25, -0.2) is 0 Å². The van der Waals surface area contributed by atoms with Gasteiger partial charge in [-0.05, 0) is 23.6 Å². The maximum Gasteiger partial charge on any atom is 0.0395 e. The van der Waals surface area contributed by atoms with Crippen LogP contribution < -0.4 is 0 Å². The first-order valence-electron chi connectivity index (χ1n) is 2.07. The van der Waals surface area contributed by atoms with E-state index in [-0.39, 0.29) is 0 Å². The minimum absolute atomic E-state index is 1.09. The summed E-state index contributed by atoms with van der Waals surface area (Å²) in [5.41, 5.74) is 0. The molecule has 0 radical (unpaired) electrons. The normalized spacial score (nSPS) is 21.3. The van der Waals surface area contributed by atoms with E-state index in [1.54, 1.807) is 23.9 Å². The van der Waals surface area contributed by atoms with E-state index in [1.807, 2.05) is 0 Å². The summed E-state index contributed by atoms with van der Waals surface area (Å²) in [6.45, 7) is 1.09. The lowest BCUT2D eigenvalue weighted by molar-refractivity contribution is 0.867. The highest BCUT2D eigenvalue weighted by Crippen LogP contribution is 2.24. The number of nitrogens with zero attached hydrogens (tertiary/aromatic N) is 1. The highest BCUT2D eigenvalue weighted by Gasteiger charge is 2.02. The summed E-state index contributed by atoms with van der Waals surface area (Å²) in [6.07, 6.45) is 4.24. The molecule has 0 fully saturated rings. The fourth-order valence-electron chi connectivity index (χ4n) is 0.401. The van der Waals surface area contributed by atoms with Crippen LogP contribution in [-0.2, 0) is 0 Å². The van der Waals surface area contributed by atoms with Crippen LogP contribution in [0, 0.1) is 0 Å². The van der Waals surface area contributed by atoms with E-state index in [0.717, 1.165) is 6.54 Å². The van der Waals surface area contributed by atoms with Crippen molar-refractivity contribution >= 4 is 23.9 Å². The zero-order chi connectivity index (χ0) is 5.11. The highest BCUT2D eigenvalue weighted by atomic mass is 32.2. The third-order valence-electron chi connectivity index (χ3n) is 0.733. The van der Waals surface area contributed by atoms with Crippen molar-refractivity contribution < 1.29 is 0 Å². The van der Waals surface area contributed by atoms with E-state index in [9.17, 15) is 0 Å². The maximum absolute atomic E-state index is 2.21. The van der Waals surface area contributed by atoms with Gasteiger partial charge in [-0.1, -0.05) is 18.0 Å². The Bertz CT molecular complexity index is 73.8. The van der Waals surface area contributed by atoms with E-state index in [2.05, 4.69) is 21.5 Å². The average Bonchev–Trinajstić information content (AvgIpc) is 2.14. The molecule has 1 nitrogen and oxygen atoms in total. The molecule has 7 heavy (non-hydrogen) atoms. The van der Waals surface area contributed by atoms with Crippen molar-refractivity contribution in [2.45, 2.75) is 0 Å². The van der Waals surface area contributed by atoms with Crippen LogP contribution in [0.1, 0.15) is 0 Å². The molecule has 0 saturated heterocycles. The van der Waals surface area contributed by atoms with Crippen LogP contribution in [0.4, 0.5) is 0 Å². The summed E-state index contributed by atoms with van der Waals surface area (Å²) in [5, 5.41) is 2.11. The molecule has 0 aliphatic carbocycles. The predicted octanol–water partition coefficient (Wildman–Crippen LogP) is 1.74. The molecule has 0 bridgehead atoms. The summed E-state index contributed by atoms with van der Waals surface area (Å²) >= 11 is 3.52. The Kier molecular flexibility index (Phi) is 2.09. The Labute approximate surface area is 52.4 Å². The maximum atomic E-state index is 2.21. The summed E-state index contributed by atoms with van der Waals surface area (Å²) in [6, 6.07) is 0. The van der Waals surface area contributed by atoms with Crippen LogP contribution in [0.25, 0.3) is 0 Å². The van der Waals surface area contributed by atoms with Crippen molar-refractivity contribution in [3.8, 4) is 0 Å². The summed E-state index contributed by atoms with van der Waals surface area (Å²) in [7, 11) is 0. The van der Waals surface area contributed by atoms with Crippen LogP contribution in [0.15, 0.2) is 11.5 Å². The SMILES string of the molecule is CSN1CC=CS1. The van der Waals surface area contributed by atoms with E-state index in [0.29, 0.717) is 0 Å². The topological polar surface area (TPSA) is 3.24 Å². The van der Waals surface area contributed by atoms with Crippen LogP contribution in [0.3, 0.4) is 0 Å². The first kappa shape index (κ1) is 5.54. The van der Waals surface area contributed by atoms with Crippen LogP contribution in [0.5, 0.6) is 0 Å². The van der Waals surface area contributed by atoms with Gasteiger partial charge in [-0.15, -0.1) is 0 Å². The number of rotatable bonds is 1. The molecule has 0 saturated carbocycles. The lowest BCUT2D eigenvalue weighted by Crippen LogP contribution is -1.97. The summed E-state index contributed by atoms with van der Waals surface area (Å²) in [5.74, 6) is 0. The van der Waals surface area contributed by atoms with Gasteiger partial charge in [0.2, 0.25) is 0 Å². The molecule has 1 heterocycles. The van der Waals surface area contributed by atoms with Gasteiger partial charge in [-0.2, -0.15) is 3.71 Å². The van der Waals surface area contributed by atoms with E-state index >= 15 is 0 Å². The van der Waals surface area contributed by atoms with E-state index < -0.39 is 0 Å². The van der Waals surface area contributed by atoms with Crippen molar-refractivity contribution in [2.24, 2.45) is 0 Å². The van der Waals surface area contributed by atoms with Crippen LogP contribution >= 0.6 is 23.9 Å². The fourth-order valence-corrected chi connectivity index (χ4v) is 1.61. The largest absolute Gasteiger partial charge is 0.187 e. The third kappa shape index (κ3) is 1.40. The lowest BCUT2D eigenvalue weighted by atomic mass is 10.7. The van der Waals surface area contributed by atoms with Gasteiger partial charge >= 0.3 is 0 Å². The van der Waals surface area contributed by atoms with Gasteiger partial charge in [-0.3, -0.25) is 0 Å². The van der Waals surface area contributed by atoms with Gasteiger partial charge < -0.3 is 0 Å². The van der Waals surface area contributed by atoms with Gasteiger partial charge in [0, 0.05) is 6.54 Å². The minimum Gasteiger partial charge on any atom is -0.187 e. The Morgan fingerprint density at radius 2 is 2.71 bits per heavy atom. The Hall–Kier alpha value is 0.400. The van der Waals surface area contributed by atoms with Crippen LogP contribution in [-0.4, -0.2) is 16.5 Å². The smallest absolute Gasteiger partial charge is 0.0395 e. The Morgan fingerprint density at radius 1 is 1.86 bits per heavy atom. The van der Waals surface area contributed by atoms with Crippen molar-refractivity contribution in [3.05, 3.63) is 11.5 Å². The highest BCUT2D eigenvalue weighted by molar-refractivity contribution is 8.13. The molecule has 0 unspecified atom stereocenters. The van der Waals surface area contributed by atoms with Crippen molar-refractivity contribution in [1.82, 2.24) is 3.71 Å². The molecule has 40 valence electrons. The van der Waals surface area contributed by atoms with Gasteiger partial charge in [0.15, 0.2) is 0 Å². The average molecular weight is 133 g/mol. The van der Waals surface area contributed by atoms with E-state index in [4.69, 9.17) is 0 Å². The summed E-state index contributed by atoms with van der Waals surface area (Å²) in [4.78, 5) is 0. The Balaban J connectivity index is 2.22. The zero-order valence-corrected chi connectivity index (χ0v) is 5.76. The number of hydrogen-bond donors (Lipinski definition) is 0. The molecule has 0 atom stereocenters. The third-order valence-corrected chi connectivity index (χ3v) is 2.69. The Morgan fingerprint density at radius 3 is 3.00 bits per heavy atom. The van der Waals surface area contributed by atoms with Crippen molar-refractivity contribution in [1.29, 1.82) is 0 Å². The van der Waals surface area contributed by atoms with Crippen LogP contribution in [0.2, 0.25) is 0 Å². The molecule has 1 aliphatic heterocycles. The second-order valence-electron chi connectivity index (χ2n) is 1.18. The molecular weight excluding hydrogens is 126 g/mol.